The summed E-state index contributed by atoms with van der Waals surface area (Å²) in [6.45, 7) is -0.275. The minimum atomic E-state index is -4.87. The average Bonchev–Trinajstić information content (AvgIpc) is 2.71. The molecule has 0 saturated heterocycles. The van der Waals surface area contributed by atoms with Crippen molar-refractivity contribution in [3.8, 4) is 0 Å². The molecule has 0 atom stereocenters. The Kier molecular flexibility index (Phi) is 7.33. The highest BCUT2D eigenvalue weighted by molar-refractivity contribution is 6.42. The van der Waals surface area contributed by atoms with E-state index in [-0.39, 0.29) is 29.0 Å². The highest BCUT2D eigenvalue weighted by atomic mass is 35.5. The number of halogens is 6. The Hall–Kier alpha value is -2.75. The Morgan fingerprint density at radius 2 is 1.75 bits per heavy atom. The summed E-state index contributed by atoms with van der Waals surface area (Å²) in [6.07, 6.45) is -5.80. The number of benzene rings is 2. The van der Waals surface area contributed by atoms with Crippen LogP contribution in [0, 0.1) is 0 Å². The first-order valence-electron chi connectivity index (χ1n) is 8.96. The lowest BCUT2D eigenvalue weighted by Crippen LogP contribution is -2.34. The van der Waals surface area contributed by atoms with Gasteiger partial charge in [0.2, 0.25) is 5.95 Å². The number of nitrogens with one attached hydrogen (secondary N) is 1. The van der Waals surface area contributed by atoms with Crippen molar-refractivity contribution in [2.24, 2.45) is 0 Å². The molecule has 0 aliphatic heterocycles. The molecule has 2 N–H and O–H groups in total. The van der Waals surface area contributed by atoms with E-state index in [0.717, 1.165) is 0 Å². The molecule has 3 aromatic rings. The summed E-state index contributed by atoms with van der Waals surface area (Å²) in [5.41, 5.74) is -0.235. The number of rotatable bonds is 6. The van der Waals surface area contributed by atoms with Crippen LogP contribution in [0.2, 0.25) is 15.1 Å². The van der Waals surface area contributed by atoms with Crippen LogP contribution in [0.1, 0.15) is 11.1 Å². The maximum Gasteiger partial charge on any atom is 0.421 e. The van der Waals surface area contributed by atoms with Crippen molar-refractivity contribution in [3.63, 3.8) is 0 Å². The lowest BCUT2D eigenvalue weighted by atomic mass is 10.1. The predicted molar refractivity (Wildman–Crippen MR) is 117 cm³/mol. The summed E-state index contributed by atoms with van der Waals surface area (Å²) in [5, 5.41) is 13.3. The first-order valence-corrected chi connectivity index (χ1v) is 10.1. The Balaban J connectivity index is 1.95. The summed E-state index contributed by atoms with van der Waals surface area (Å²) in [6, 6.07) is 11.0. The molecule has 12 heteroatoms. The normalized spacial score (nSPS) is 11.3. The van der Waals surface area contributed by atoms with Crippen molar-refractivity contribution in [2.75, 3.05) is 16.8 Å². The molecule has 32 heavy (non-hydrogen) atoms. The third-order valence-electron chi connectivity index (χ3n) is 4.27. The van der Waals surface area contributed by atoms with Gasteiger partial charge in [0.05, 0.1) is 10.0 Å². The zero-order chi connectivity index (χ0) is 23.5. The summed E-state index contributed by atoms with van der Waals surface area (Å²) in [4.78, 5) is 19.9. The first kappa shape index (κ1) is 23.9. The van der Waals surface area contributed by atoms with E-state index < -0.39 is 23.7 Å². The van der Waals surface area contributed by atoms with Gasteiger partial charge in [0.25, 0.3) is 0 Å². The molecule has 2 aromatic carbocycles. The number of anilines is 3. The number of alkyl halides is 3. The van der Waals surface area contributed by atoms with E-state index in [0.29, 0.717) is 27.4 Å². The Bertz CT molecular complexity index is 1130. The highest BCUT2D eigenvalue weighted by Crippen LogP contribution is 2.36. The van der Waals surface area contributed by atoms with Gasteiger partial charge in [-0.2, -0.15) is 18.2 Å². The van der Waals surface area contributed by atoms with E-state index >= 15 is 0 Å². The molecule has 0 aliphatic carbocycles. The van der Waals surface area contributed by atoms with E-state index in [1.807, 2.05) is 0 Å². The van der Waals surface area contributed by atoms with Crippen LogP contribution in [0.4, 0.5) is 35.4 Å². The molecule has 0 saturated carbocycles. The molecule has 0 unspecified atom stereocenters. The van der Waals surface area contributed by atoms with E-state index in [1.165, 1.54) is 18.2 Å². The van der Waals surface area contributed by atoms with Crippen LogP contribution in [0.25, 0.3) is 0 Å². The maximum atomic E-state index is 13.6. The SMILES string of the molecule is O=C(O)N(CCc1ccc(Cl)cc1)c1nc(Nc2ccc(Cl)c(Cl)c2)ncc1C(F)(F)F. The van der Waals surface area contributed by atoms with E-state index in [9.17, 15) is 23.1 Å². The third kappa shape index (κ3) is 5.93. The van der Waals surface area contributed by atoms with Crippen molar-refractivity contribution in [1.29, 1.82) is 0 Å². The third-order valence-corrected chi connectivity index (χ3v) is 5.26. The van der Waals surface area contributed by atoms with Crippen LogP contribution >= 0.6 is 34.8 Å². The highest BCUT2D eigenvalue weighted by Gasteiger charge is 2.38. The molecular weight excluding hydrogens is 492 g/mol. The lowest BCUT2D eigenvalue weighted by molar-refractivity contribution is -0.137. The van der Waals surface area contributed by atoms with Crippen LogP contribution in [-0.4, -0.2) is 27.7 Å². The van der Waals surface area contributed by atoms with Gasteiger partial charge in [0, 0.05) is 23.5 Å². The van der Waals surface area contributed by atoms with Gasteiger partial charge in [-0.3, -0.25) is 4.90 Å². The summed E-state index contributed by atoms with van der Waals surface area (Å²) >= 11 is 17.6. The zero-order valence-corrected chi connectivity index (χ0v) is 18.3. The van der Waals surface area contributed by atoms with Crippen LogP contribution in [0.3, 0.4) is 0 Å². The van der Waals surface area contributed by atoms with Crippen molar-refractivity contribution in [1.82, 2.24) is 9.97 Å². The quantitative estimate of drug-likeness (QED) is 0.380. The number of carbonyl (C=O) groups is 1. The van der Waals surface area contributed by atoms with Crippen LogP contribution in [0.5, 0.6) is 0 Å². The number of hydrogen-bond acceptors (Lipinski definition) is 4. The van der Waals surface area contributed by atoms with Crippen LogP contribution in [0.15, 0.2) is 48.7 Å². The van der Waals surface area contributed by atoms with Gasteiger partial charge in [0.15, 0.2) is 5.82 Å². The minimum Gasteiger partial charge on any atom is -0.465 e. The van der Waals surface area contributed by atoms with Gasteiger partial charge < -0.3 is 10.4 Å². The smallest absolute Gasteiger partial charge is 0.421 e. The minimum absolute atomic E-state index is 0.139. The fraction of sp³-hybridized carbons (Fsp3) is 0.150. The molecular formula is C20H14Cl3F3N4O2. The zero-order valence-electron chi connectivity index (χ0n) is 16.0. The van der Waals surface area contributed by atoms with Gasteiger partial charge in [-0.15, -0.1) is 0 Å². The standard InChI is InChI=1S/C20H14Cl3F3N4O2/c21-12-3-1-11(2-4-12)7-8-30(19(31)32)17-14(20(24,25)26)10-27-18(29-17)28-13-5-6-15(22)16(23)9-13/h1-6,9-10H,7-8H2,(H,31,32)(H,27,28,29). The van der Waals surface area contributed by atoms with Gasteiger partial charge in [-0.05, 0) is 42.3 Å². The number of aromatic nitrogens is 2. The van der Waals surface area contributed by atoms with Crippen LogP contribution < -0.4 is 10.2 Å². The van der Waals surface area contributed by atoms with Gasteiger partial charge >= 0.3 is 12.3 Å². The monoisotopic (exact) mass is 504 g/mol. The summed E-state index contributed by atoms with van der Waals surface area (Å²) in [7, 11) is 0. The molecule has 1 amide bonds. The second kappa shape index (κ2) is 9.81. The molecule has 0 spiro atoms. The molecule has 0 aliphatic rings. The number of nitrogens with zero attached hydrogens (tertiary/aromatic N) is 3. The summed E-state index contributed by atoms with van der Waals surface area (Å²) in [5.74, 6) is -1.04. The number of amides is 1. The van der Waals surface area contributed by atoms with E-state index in [4.69, 9.17) is 34.8 Å². The Morgan fingerprint density at radius 3 is 2.34 bits per heavy atom. The largest absolute Gasteiger partial charge is 0.465 e. The second-order valence-electron chi connectivity index (χ2n) is 6.49. The lowest BCUT2D eigenvalue weighted by Gasteiger charge is -2.22. The van der Waals surface area contributed by atoms with Gasteiger partial charge in [0.1, 0.15) is 5.56 Å². The molecule has 3 rings (SSSR count). The molecule has 6 nitrogen and oxygen atoms in total. The maximum absolute atomic E-state index is 13.6. The first-order chi connectivity index (χ1) is 15.0. The second-order valence-corrected chi connectivity index (χ2v) is 7.74. The Labute approximate surface area is 195 Å². The fourth-order valence-corrected chi connectivity index (χ4v) is 3.15. The fourth-order valence-electron chi connectivity index (χ4n) is 2.73. The number of hydrogen-bond donors (Lipinski definition) is 2. The van der Waals surface area contributed by atoms with Crippen molar-refractivity contribution in [3.05, 3.63) is 74.9 Å². The predicted octanol–water partition coefficient (Wildman–Crippen LogP) is 6.93. The molecule has 0 fully saturated rings. The van der Waals surface area contributed by atoms with E-state index in [1.54, 1.807) is 24.3 Å². The van der Waals surface area contributed by atoms with Gasteiger partial charge in [-0.1, -0.05) is 46.9 Å². The topological polar surface area (TPSA) is 78.3 Å². The van der Waals surface area contributed by atoms with Crippen LogP contribution in [-0.2, 0) is 12.6 Å². The molecule has 1 aromatic heterocycles. The van der Waals surface area contributed by atoms with E-state index in [2.05, 4.69) is 15.3 Å². The number of carboxylic acid groups (broad SMARTS) is 1. The summed E-state index contributed by atoms with van der Waals surface area (Å²) < 4.78 is 40.7. The molecule has 0 bridgehead atoms. The Morgan fingerprint density at radius 1 is 1.06 bits per heavy atom. The van der Waals surface area contributed by atoms with Gasteiger partial charge in [-0.25, -0.2) is 9.78 Å². The van der Waals surface area contributed by atoms with Crippen molar-refractivity contribution in [2.45, 2.75) is 12.6 Å². The molecule has 0 radical (unpaired) electrons. The van der Waals surface area contributed by atoms with Crippen molar-refractivity contribution >= 4 is 58.3 Å². The molecule has 1 heterocycles. The average molecular weight is 506 g/mol. The van der Waals surface area contributed by atoms with Crippen molar-refractivity contribution < 1.29 is 23.1 Å². The molecule has 168 valence electrons.